The fourth-order valence-corrected chi connectivity index (χ4v) is 1.16. The zero-order chi connectivity index (χ0) is 8.97. The van der Waals surface area contributed by atoms with Crippen LogP contribution in [0.4, 0.5) is 0 Å². The van der Waals surface area contributed by atoms with E-state index in [1.807, 2.05) is 12.2 Å². The van der Waals surface area contributed by atoms with Crippen LogP contribution in [0.3, 0.4) is 0 Å². The largest absolute Gasteiger partial charge is 0.102 e. The lowest BCUT2D eigenvalue weighted by molar-refractivity contribution is 1.09. The summed E-state index contributed by atoms with van der Waals surface area (Å²) in [6, 6.07) is 8.44. The minimum atomic E-state index is 0.283. The molecule has 0 heteroatoms. The van der Waals surface area contributed by atoms with Gasteiger partial charge < -0.3 is 0 Å². The van der Waals surface area contributed by atoms with Crippen molar-refractivity contribution in [3.63, 3.8) is 0 Å². The standard InChI is InChI=1S/C12H14/c1-4-11(5-2)12-8-6-10(3)7-9-12/h4-9,11H,1-2H2,3H3. The maximum atomic E-state index is 3.76. The van der Waals surface area contributed by atoms with E-state index < -0.39 is 0 Å². The fraction of sp³-hybridized carbons (Fsp3) is 0.167. The lowest BCUT2D eigenvalue weighted by Crippen LogP contribution is -1.89. The molecule has 0 nitrogen and oxygen atoms in total. The highest BCUT2D eigenvalue weighted by Gasteiger charge is 2.00. The fourth-order valence-electron chi connectivity index (χ4n) is 1.16. The SMILES string of the molecule is C=CC(C=C)c1ccc(C)cc1. The minimum Gasteiger partial charge on any atom is -0.102 e. The molecule has 0 radical (unpaired) electrons. The predicted molar refractivity (Wildman–Crippen MR) is 54.3 cm³/mol. The van der Waals surface area contributed by atoms with Crippen molar-refractivity contribution < 1.29 is 0 Å². The van der Waals surface area contributed by atoms with Crippen LogP contribution in [0, 0.1) is 6.92 Å². The lowest BCUT2D eigenvalue weighted by Gasteiger charge is -2.06. The molecule has 0 spiro atoms. The summed E-state index contributed by atoms with van der Waals surface area (Å²) in [5.41, 5.74) is 2.54. The van der Waals surface area contributed by atoms with E-state index in [0.29, 0.717) is 0 Å². The van der Waals surface area contributed by atoms with Crippen molar-refractivity contribution in [2.24, 2.45) is 0 Å². The molecular formula is C12H14. The molecule has 0 aliphatic heterocycles. The summed E-state index contributed by atoms with van der Waals surface area (Å²) in [6.07, 6.45) is 3.80. The minimum absolute atomic E-state index is 0.283. The first-order chi connectivity index (χ1) is 5.77. The van der Waals surface area contributed by atoms with Gasteiger partial charge in [-0.2, -0.15) is 0 Å². The summed E-state index contributed by atoms with van der Waals surface area (Å²) in [6.45, 7) is 9.60. The second-order valence-corrected chi connectivity index (χ2v) is 2.91. The van der Waals surface area contributed by atoms with Crippen molar-refractivity contribution in [1.82, 2.24) is 0 Å². The molecule has 0 aromatic heterocycles. The second kappa shape index (κ2) is 3.91. The Bertz CT molecular complexity index is 259. The molecule has 12 heavy (non-hydrogen) atoms. The van der Waals surface area contributed by atoms with Gasteiger partial charge in [-0.15, -0.1) is 13.2 Å². The number of hydrogen-bond acceptors (Lipinski definition) is 0. The molecule has 0 aliphatic rings. The molecular weight excluding hydrogens is 144 g/mol. The predicted octanol–water partition coefficient (Wildman–Crippen LogP) is 3.45. The molecule has 0 N–H and O–H groups in total. The van der Waals surface area contributed by atoms with Gasteiger partial charge in [0.2, 0.25) is 0 Å². The third-order valence-corrected chi connectivity index (χ3v) is 1.97. The van der Waals surface area contributed by atoms with Gasteiger partial charge in [0.1, 0.15) is 0 Å². The maximum Gasteiger partial charge on any atom is 0.0193 e. The summed E-state index contributed by atoms with van der Waals surface area (Å²) in [7, 11) is 0. The molecule has 0 saturated heterocycles. The van der Waals surface area contributed by atoms with Crippen molar-refractivity contribution >= 4 is 0 Å². The Labute approximate surface area is 74.2 Å². The van der Waals surface area contributed by atoms with Crippen molar-refractivity contribution in [2.45, 2.75) is 12.8 Å². The molecule has 0 bridgehead atoms. The van der Waals surface area contributed by atoms with Crippen LogP contribution in [0.2, 0.25) is 0 Å². The summed E-state index contributed by atoms with van der Waals surface area (Å²) >= 11 is 0. The van der Waals surface area contributed by atoms with E-state index in [0.717, 1.165) is 0 Å². The molecule has 0 atom stereocenters. The van der Waals surface area contributed by atoms with Gasteiger partial charge in [-0.3, -0.25) is 0 Å². The first kappa shape index (κ1) is 8.79. The van der Waals surface area contributed by atoms with Gasteiger partial charge in [-0.25, -0.2) is 0 Å². The molecule has 0 aliphatic carbocycles. The summed E-state index contributed by atoms with van der Waals surface area (Å²) in [5.74, 6) is 0.283. The third kappa shape index (κ3) is 1.85. The van der Waals surface area contributed by atoms with Crippen LogP contribution in [0.25, 0.3) is 0 Å². The molecule has 1 rings (SSSR count). The number of aryl methyl sites for hydroxylation is 1. The average Bonchev–Trinajstić information content (AvgIpc) is 2.10. The lowest BCUT2D eigenvalue weighted by atomic mass is 9.99. The summed E-state index contributed by atoms with van der Waals surface area (Å²) in [4.78, 5) is 0. The monoisotopic (exact) mass is 158 g/mol. The first-order valence-corrected chi connectivity index (χ1v) is 4.09. The first-order valence-electron chi connectivity index (χ1n) is 4.09. The molecule has 1 aromatic rings. The second-order valence-electron chi connectivity index (χ2n) is 2.91. The van der Waals surface area contributed by atoms with Crippen LogP contribution >= 0.6 is 0 Å². The molecule has 0 fully saturated rings. The highest BCUT2D eigenvalue weighted by molar-refractivity contribution is 5.29. The van der Waals surface area contributed by atoms with Crippen molar-refractivity contribution in [1.29, 1.82) is 0 Å². The van der Waals surface area contributed by atoms with E-state index in [2.05, 4.69) is 44.3 Å². The van der Waals surface area contributed by atoms with E-state index in [-0.39, 0.29) is 5.92 Å². The van der Waals surface area contributed by atoms with E-state index >= 15 is 0 Å². The van der Waals surface area contributed by atoms with Gasteiger partial charge >= 0.3 is 0 Å². The number of allylic oxidation sites excluding steroid dienone is 2. The van der Waals surface area contributed by atoms with E-state index in [1.165, 1.54) is 11.1 Å². The summed E-state index contributed by atoms with van der Waals surface area (Å²) < 4.78 is 0. The Hall–Kier alpha value is -1.30. The molecule has 1 aromatic carbocycles. The molecule has 62 valence electrons. The Balaban J connectivity index is 2.94. The van der Waals surface area contributed by atoms with Crippen molar-refractivity contribution in [3.05, 3.63) is 60.7 Å². The van der Waals surface area contributed by atoms with Gasteiger partial charge in [-0.05, 0) is 12.5 Å². The normalized spacial score (nSPS) is 9.83. The van der Waals surface area contributed by atoms with Crippen molar-refractivity contribution in [3.8, 4) is 0 Å². The van der Waals surface area contributed by atoms with Crippen LogP contribution < -0.4 is 0 Å². The highest BCUT2D eigenvalue weighted by atomic mass is 14.0. The molecule has 0 unspecified atom stereocenters. The Morgan fingerprint density at radius 1 is 1.08 bits per heavy atom. The van der Waals surface area contributed by atoms with Crippen LogP contribution in [0.15, 0.2) is 49.6 Å². The van der Waals surface area contributed by atoms with E-state index in [1.54, 1.807) is 0 Å². The Morgan fingerprint density at radius 3 is 2.00 bits per heavy atom. The van der Waals surface area contributed by atoms with Crippen LogP contribution in [-0.2, 0) is 0 Å². The van der Waals surface area contributed by atoms with Gasteiger partial charge in [-0.1, -0.05) is 42.0 Å². The van der Waals surface area contributed by atoms with Crippen LogP contribution in [0.5, 0.6) is 0 Å². The van der Waals surface area contributed by atoms with Crippen molar-refractivity contribution in [2.75, 3.05) is 0 Å². The van der Waals surface area contributed by atoms with Gasteiger partial charge in [0.25, 0.3) is 0 Å². The number of benzene rings is 1. The number of hydrogen-bond donors (Lipinski definition) is 0. The molecule has 0 heterocycles. The third-order valence-electron chi connectivity index (χ3n) is 1.97. The van der Waals surface area contributed by atoms with E-state index in [9.17, 15) is 0 Å². The average molecular weight is 158 g/mol. The van der Waals surface area contributed by atoms with Crippen LogP contribution in [0.1, 0.15) is 17.0 Å². The van der Waals surface area contributed by atoms with Crippen LogP contribution in [-0.4, -0.2) is 0 Å². The Morgan fingerprint density at radius 2 is 1.58 bits per heavy atom. The molecule has 0 amide bonds. The van der Waals surface area contributed by atoms with Gasteiger partial charge in [0.15, 0.2) is 0 Å². The van der Waals surface area contributed by atoms with Gasteiger partial charge in [0.05, 0.1) is 0 Å². The smallest absolute Gasteiger partial charge is 0.0193 e. The topological polar surface area (TPSA) is 0 Å². The maximum absolute atomic E-state index is 3.76. The number of rotatable bonds is 3. The quantitative estimate of drug-likeness (QED) is 0.591. The zero-order valence-corrected chi connectivity index (χ0v) is 7.46. The Kier molecular flexibility index (Phi) is 2.87. The zero-order valence-electron chi connectivity index (χ0n) is 7.46. The highest BCUT2D eigenvalue weighted by Crippen LogP contribution is 2.17. The summed E-state index contributed by atoms with van der Waals surface area (Å²) in [5, 5.41) is 0. The molecule has 0 saturated carbocycles. The van der Waals surface area contributed by atoms with E-state index in [4.69, 9.17) is 0 Å². The van der Waals surface area contributed by atoms with Gasteiger partial charge in [0, 0.05) is 5.92 Å².